The molecule has 2 aliphatic heterocycles. The Hall–Kier alpha value is -1.50. The number of benzene rings is 1. The van der Waals surface area contributed by atoms with Crippen molar-refractivity contribution in [2.24, 2.45) is 0 Å². The first-order valence-electron chi connectivity index (χ1n) is 7.53. The van der Waals surface area contributed by atoms with Crippen LogP contribution >= 0.6 is 27.3 Å². The maximum absolute atomic E-state index is 12.4. The van der Waals surface area contributed by atoms with Crippen LogP contribution in [0.15, 0.2) is 34.1 Å². The molecule has 0 radical (unpaired) electrons. The summed E-state index contributed by atoms with van der Waals surface area (Å²) in [5.74, 6) is -0.850. The fourth-order valence-electron chi connectivity index (χ4n) is 3.38. The summed E-state index contributed by atoms with van der Waals surface area (Å²) in [6.45, 7) is 3.50. The van der Waals surface area contributed by atoms with Gasteiger partial charge in [0.1, 0.15) is 0 Å². The number of fused-ring (bicyclic) bond motifs is 2. The predicted molar refractivity (Wildman–Crippen MR) is 94.0 cm³/mol. The lowest BCUT2D eigenvalue weighted by atomic mass is 10.0. The molecule has 0 fully saturated rings. The fourth-order valence-corrected chi connectivity index (χ4v) is 4.93. The van der Waals surface area contributed by atoms with Crippen molar-refractivity contribution in [3.8, 4) is 0 Å². The number of amides is 1. The van der Waals surface area contributed by atoms with Crippen molar-refractivity contribution < 1.29 is 9.59 Å². The van der Waals surface area contributed by atoms with Crippen LogP contribution in [-0.2, 0) is 11.2 Å². The average Bonchev–Trinajstić information content (AvgIpc) is 3.10. The van der Waals surface area contributed by atoms with Gasteiger partial charge in [-0.25, -0.2) is 0 Å². The Labute approximate surface area is 146 Å². The highest BCUT2D eigenvalue weighted by atomic mass is 79.9. The van der Waals surface area contributed by atoms with Gasteiger partial charge in [-0.05, 0) is 58.4 Å². The van der Waals surface area contributed by atoms with E-state index in [9.17, 15) is 9.59 Å². The fraction of sp³-hybridized carbons (Fsp3) is 0.294. The van der Waals surface area contributed by atoms with E-state index in [-0.39, 0.29) is 6.04 Å². The largest absolute Gasteiger partial charge is 0.300 e. The number of nitrogens with zero attached hydrogens (tertiary/aromatic N) is 2. The second-order valence-electron chi connectivity index (χ2n) is 5.88. The number of hydrogen-bond acceptors (Lipinski definition) is 4. The van der Waals surface area contributed by atoms with E-state index in [1.807, 2.05) is 6.07 Å². The number of halogens is 1. The smallest absolute Gasteiger partial charge is 0.290 e. The first-order chi connectivity index (χ1) is 11.1. The molecule has 1 aromatic carbocycles. The molecule has 0 unspecified atom stereocenters. The summed E-state index contributed by atoms with van der Waals surface area (Å²) in [4.78, 5) is 29.9. The van der Waals surface area contributed by atoms with Gasteiger partial charge in [0.2, 0.25) is 0 Å². The monoisotopic (exact) mass is 390 g/mol. The summed E-state index contributed by atoms with van der Waals surface area (Å²) in [5.41, 5.74) is 2.53. The van der Waals surface area contributed by atoms with Crippen molar-refractivity contribution >= 4 is 44.6 Å². The number of rotatable bonds is 2. The van der Waals surface area contributed by atoms with Crippen molar-refractivity contribution in [2.75, 3.05) is 18.1 Å². The molecule has 1 aromatic heterocycles. The van der Waals surface area contributed by atoms with E-state index in [4.69, 9.17) is 0 Å². The highest BCUT2D eigenvalue weighted by molar-refractivity contribution is 9.10. The van der Waals surface area contributed by atoms with E-state index in [0.717, 1.165) is 17.4 Å². The minimum Gasteiger partial charge on any atom is -0.290 e. The van der Waals surface area contributed by atoms with E-state index in [1.54, 1.807) is 28.4 Å². The van der Waals surface area contributed by atoms with Crippen molar-refractivity contribution in [1.29, 1.82) is 0 Å². The van der Waals surface area contributed by atoms with Crippen LogP contribution < -0.4 is 4.90 Å². The number of anilines is 1. The molecule has 2 aliphatic rings. The molecular formula is C17H15BrN2O2S. The lowest BCUT2D eigenvalue weighted by Gasteiger charge is -2.36. The zero-order chi connectivity index (χ0) is 16.1. The van der Waals surface area contributed by atoms with E-state index < -0.39 is 11.7 Å². The van der Waals surface area contributed by atoms with Crippen LogP contribution in [0.5, 0.6) is 0 Å². The number of para-hydroxylation sites is 1. The van der Waals surface area contributed by atoms with Gasteiger partial charge in [0, 0.05) is 21.9 Å². The van der Waals surface area contributed by atoms with Crippen molar-refractivity contribution in [1.82, 2.24) is 4.90 Å². The van der Waals surface area contributed by atoms with Crippen LogP contribution in [0.1, 0.15) is 33.8 Å². The molecule has 0 saturated heterocycles. The molecule has 4 nitrogen and oxygen atoms in total. The minimum atomic E-state index is -0.435. The standard InChI is InChI=1S/C17H15BrN2O2S/c1-10-11-6-8-23-14(11)5-7-19(10)9-20-15-12(16(21)17(20)22)3-2-4-13(15)18/h2-4,6,8,10H,5,7,9H2,1H3/t10-/m1/s1. The lowest BCUT2D eigenvalue weighted by molar-refractivity contribution is -0.114. The van der Waals surface area contributed by atoms with Gasteiger partial charge in [-0.15, -0.1) is 11.3 Å². The summed E-state index contributed by atoms with van der Waals surface area (Å²) in [6.07, 6.45) is 0.996. The number of carbonyl (C=O) groups is 2. The van der Waals surface area contributed by atoms with Gasteiger partial charge in [-0.2, -0.15) is 0 Å². The summed E-state index contributed by atoms with van der Waals surface area (Å²) >= 11 is 5.28. The van der Waals surface area contributed by atoms with Crippen LogP contribution in [-0.4, -0.2) is 29.8 Å². The Bertz CT molecular complexity index is 817. The highest BCUT2D eigenvalue weighted by Gasteiger charge is 2.39. The lowest BCUT2D eigenvalue weighted by Crippen LogP contribution is -2.44. The summed E-state index contributed by atoms with van der Waals surface area (Å²) < 4.78 is 0.787. The Morgan fingerprint density at radius 1 is 1.30 bits per heavy atom. The first kappa shape index (κ1) is 15.1. The van der Waals surface area contributed by atoms with E-state index in [2.05, 4.69) is 39.2 Å². The molecule has 0 saturated carbocycles. The van der Waals surface area contributed by atoms with Gasteiger partial charge in [0.05, 0.1) is 17.9 Å². The number of carbonyl (C=O) groups excluding carboxylic acids is 2. The van der Waals surface area contributed by atoms with Gasteiger partial charge in [-0.3, -0.25) is 19.4 Å². The zero-order valence-corrected chi connectivity index (χ0v) is 15.0. The topological polar surface area (TPSA) is 40.6 Å². The number of ketones is 1. The Kier molecular flexibility index (Phi) is 3.63. The SMILES string of the molecule is C[C@@H]1c2ccsc2CCN1CN1C(=O)C(=O)c2cccc(Br)c21. The van der Waals surface area contributed by atoms with Crippen molar-refractivity contribution in [3.63, 3.8) is 0 Å². The number of hydrogen-bond donors (Lipinski definition) is 0. The van der Waals surface area contributed by atoms with Gasteiger partial charge in [0.25, 0.3) is 5.78 Å². The van der Waals surface area contributed by atoms with Gasteiger partial charge in [0.15, 0.2) is 0 Å². The third-order valence-corrected chi connectivity index (χ3v) is 6.30. The van der Waals surface area contributed by atoms with E-state index >= 15 is 0 Å². The quantitative estimate of drug-likeness (QED) is 0.735. The number of Topliss-reactive ketones (excluding diaryl/α,β-unsaturated/α-hetero) is 1. The number of thiophene rings is 1. The summed E-state index contributed by atoms with van der Waals surface area (Å²) in [7, 11) is 0. The summed E-state index contributed by atoms with van der Waals surface area (Å²) in [6, 6.07) is 7.79. The van der Waals surface area contributed by atoms with Crippen LogP contribution in [0.2, 0.25) is 0 Å². The Morgan fingerprint density at radius 3 is 2.96 bits per heavy atom. The third-order valence-electron chi connectivity index (χ3n) is 4.67. The molecule has 6 heteroatoms. The zero-order valence-electron chi connectivity index (χ0n) is 12.6. The molecule has 3 heterocycles. The maximum Gasteiger partial charge on any atom is 0.300 e. The van der Waals surface area contributed by atoms with E-state index in [0.29, 0.717) is 17.9 Å². The maximum atomic E-state index is 12.4. The second-order valence-corrected chi connectivity index (χ2v) is 7.73. The predicted octanol–water partition coefficient (Wildman–Crippen LogP) is 3.62. The molecule has 1 amide bonds. The Morgan fingerprint density at radius 2 is 2.13 bits per heavy atom. The first-order valence-corrected chi connectivity index (χ1v) is 9.20. The molecule has 0 spiro atoms. The molecular weight excluding hydrogens is 376 g/mol. The molecule has 0 bridgehead atoms. The molecule has 118 valence electrons. The van der Waals surface area contributed by atoms with Gasteiger partial charge in [-0.1, -0.05) is 6.07 Å². The van der Waals surface area contributed by atoms with Crippen LogP contribution in [0.3, 0.4) is 0 Å². The van der Waals surface area contributed by atoms with Crippen molar-refractivity contribution in [3.05, 3.63) is 50.1 Å². The van der Waals surface area contributed by atoms with Crippen molar-refractivity contribution in [2.45, 2.75) is 19.4 Å². The van der Waals surface area contributed by atoms with Crippen LogP contribution in [0.4, 0.5) is 5.69 Å². The normalized spacial score (nSPS) is 20.8. The molecule has 23 heavy (non-hydrogen) atoms. The average molecular weight is 391 g/mol. The highest BCUT2D eigenvalue weighted by Crippen LogP contribution is 2.38. The third kappa shape index (κ3) is 2.28. The Balaban J connectivity index is 1.66. The van der Waals surface area contributed by atoms with E-state index in [1.165, 1.54) is 10.4 Å². The molecule has 2 aromatic rings. The summed E-state index contributed by atoms with van der Waals surface area (Å²) in [5, 5.41) is 2.13. The minimum absolute atomic E-state index is 0.249. The van der Waals surface area contributed by atoms with Crippen LogP contribution in [0, 0.1) is 0 Å². The molecule has 4 rings (SSSR count). The molecule has 0 aliphatic carbocycles. The van der Waals surface area contributed by atoms with Crippen LogP contribution in [0.25, 0.3) is 0 Å². The second kappa shape index (κ2) is 5.54. The van der Waals surface area contributed by atoms with Gasteiger partial charge < -0.3 is 0 Å². The molecule has 0 N–H and O–H groups in total. The molecule has 1 atom stereocenters. The van der Waals surface area contributed by atoms with Gasteiger partial charge >= 0.3 is 5.91 Å².